The molecular formula is C18H21N3O2. The lowest BCUT2D eigenvalue weighted by Gasteiger charge is -2.16. The number of para-hydroxylation sites is 2. The lowest BCUT2D eigenvalue weighted by molar-refractivity contribution is -0.111. The topological polar surface area (TPSA) is 56.2 Å². The molecular weight excluding hydrogens is 290 g/mol. The molecule has 1 heterocycles. The molecule has 1 amide bonds. The number of hydrogen-bond acceptors (Lipinski definition) is 3. The number of nitrogens with zero attached hydrogens (tertiary/aromatic N) is 2. The fourth-order valence-corrected chi connectivity index (χ4v) is 2.73. The van der Waals surface area contributed by atoms with Gasteiger partial charge in [-0.3, -0.25) is 9.48 Å². The van der Waals surface area contributed by atoms with Crippen LogP contribution in [-0.4, -0.2) is 21.8 Å². The molecule has 1 aliphatic carbocycles. The van der Waals surface area contributed by atoms with Crippen LogP contribution in [0.25, 0.3) is 6.08 Å². The Balaban J connectivity index is 1.64. The van der Waals surface area contributed by atoms with Crippen LogP contribution in [0.1, 0.15) is 31.2 Å². The molecule has 0 saturated heterocycles. The fourth-order valence-electron chi connectivity index (χ4n) is 2.73. The average Bonchev–Trinajstić information content (AvgIpc) is 3.19. The van der Waals surface area contributed by atoms with Crippen molar-refractivity contribution < 1.29 is 9.53 Å². The molecule has 0 radical (unpaired) electrons. The highest BCUT2D eigenvalue weighted by atomic mass is 16.5. The molecule has 0 bridgehead atoms. The number of carbonyl (C=O) groups is 1. The first-order chi connectivity index (χ1) is 11.2. The minimum atomic E-state index is -0.184. The lowest BCUT2D eigenvalue weighted by atomic mass is 10.2. The predicted molar refractivity (Wildman–Crippen MR) is 90.2 cm³/mol. The summed E-state index contributed by atoms with van der Waals surface area (Å²) >= 11 is 0. The Morgan fingerprint density at radius 3 is 2.87 bits per heavy atom. The van der Waals surface area contributed by atoms with Gasteiger partial charge in [-0.25, -0.2) is 0 Å². The molecule has 1 N–H and O–H groups in total. The van der Waals surface area contributed by atoms with E-state index < -0.39 is 0 Å². The third-order valence-electron chi connectivity index (χ3n) is 3.89. The van der Waals surface area contributed by atoms with Crippen molar-refractivity contribution in [2.75, 3.05) is 5.32 Å². The second kappa shape index (κ2) is 7.13. The van der Waals surface area contributed by atoms with Gasteiger partial charge in [0.2, 0.25) is 5.91 Å². The SMILES string of the molecule is Cn1cc(C=CC(=O)Nc2ccccc2OC2CCCC2)cn1. The van der Waals surface area contributed by atoms with Crippen molar-refractivity contribution in [1.29, 1.82) is 0 Å². The standard InChI is InChI=1S/C18H21N3O2/c1-21-13-14(12-19-21)10-11-18(22)20-16-8-4-5-9-17(16)23-15-6-2-3-7-15/h4-5,8-13,15H,2-3,6-7H2,1H3,(H,20,22). The van der Waals surface area contributed by atoms with E-state index in [1.54, 1.807) is 17.0 Å². The first-order valence-corrected chi connectivity index (χ1v) is 7.94. The Hall–Kier alpha value is -2.56. The van der Waals surface area contributed by atoms with E-state index in [1.165, 1.54) is 18.9 Å². The molecule has 1 saturated carbocycles. The van der Waals surface area contributed by atoms with Gasteiger partial charge in [0, 0.05) is 24.9 Å². The third kappa shape index (κ3) is 4.22. The molecule has 2 aromatic rings. The van der Waals surface area contributed by atoms with Crippen LogP contribution in [0.3, 0.4) is 0 Å². The Morgan fingerprint density at radius 2 is 2.13 bits per heavy atom. The molecule has 1 fully saturated rings. The van der Waals surface area contributed by atoms with Gasteiger partial charge in [0.15, 0.2) is 0 Å². The normalized spacial score (nSPS) is 15.2. The second-order valence-electron chi connectivity index (χ2n) is 5.79. The number of aromatic nitrogens is 2. The average molecular weight is 311 g/mol. The first kappa shape index (κ1) is 15.3. The summed E-state index contributed by atoms with van der Waals surface area (Å²) in [5.41, 5.74) is 1.60. The molecule has 0 spiro atoms. The zero-order valence-electron chi connectivity index (χ0n) is 13.2. The Labute approximate surface area is 136 Å². The van der Waals surface area contributed by atoms with Crippen LogP contribution < -0.4 is 10.1 Å². The van der Waals surface area contributed by atoms with Crippen molar-refractivity contribution in [2.45, 2.75) is 31.8 Å². The van der Waals surface area contributed by atoms with E-state index in [2.05, 4.69) is 10.4 Å². The molecule has 5 nitrogen and oxygen atoms in total. The van der Waals surface area contributed by atoms with E-state index >= 15 is 0 Å². The molecule has 3 rings (SSSR count). The van der Waals surface area contributed by atoms with E-state index in [4.69, 9.17) is 4.74 Å². The molecule has 1 aromatic heterocycles. The Morgan fingerprint density at radius 1 is 1.35 bits per heavy atom. The van der Waals surface area contributed by atoms with Crippen LogP contribution in [0.5, 0.6) is 5.75 Å². The Kier molecular flexibility index (Phi) is 4.76. The van der Waals surface area contributed by atoms with Crippen LogP contribution in [-0.2, 0) is 11.8 Å². The minimum Gasteiger partial charge on any atom is -0.488 e. The fraction of sp³-hybridized carbons (Fsp3) is 0.333. The summed E-state index contributed by atoms with van der Waals surface area (Å²) in [4.78, 5) is 12.1. The summed E-state index contributed by atoms with van der Waals surface area (Å²) in [7, 11) is 1.84. The maximum absolute atomic E-state index is 12.1. The van der Waals surface area contributed by atoms with Gasteiger partial charge in [-0.1, -0.05) is 12.1 Å². The summed E-state index contributed by atoms with van der Waals surface area (Å²) in [5.74, 6) is 0.554. The quantitative estimate of drug-likeness (QED) is 0.861. The number of hydrogen-bond donors (Lipinski definition) is 1. The van der Waals surface area contributed by atoms with Crippen molar-refractivity contribution in [3.8, 4) is 5.75 Å². The number of ether oxygens (including phenoxy) is 1. The smallest absolute Gasteiger partial charge is 0.248 e. The molecule has 0 unspecified atom stereocenters. The number of benzene rings is 1. The molecule has 1 aromatic carbocycles. The molecule has 1 aliphatic rings. The molecule has 23 heavy (non-hydrogen) atoms. The summed E-state index contributed by atoms with van der Waals surface area (Å²) in [6.45, 7) is 0. The van der Waals surface area contributed by atoms with Gasteiger partial charge < -0.3 is 10.1 Å². The van der Waals surface area contributed by atoms with Crippen LogP contribution in [0.15, 0.2) is 42.7 Å². The third-order valence-corrected chi connectivity index (χ3v) is 3.89. The van der Waals surface area contributed by atoms with E-state index in [0.717, 1.165) is 24.2 Å². The zero-order chi connectivity index (χ0) is 16.1. The highest BCUT2D eigenvalue weighted by Gasteiger charge is 2.18. The maximum atomic E-state index is 12.1. The van der Waals surface area contributed by atoms with Crippen LogP contribution in [0.4, 0.5) is 5.69 Å². The number of anilines is 1. The number of nitrogens with one attached hydrogen (secondary N) is 1. The second-order valence-corrected chi connectivity index (χ2v) is 5.79. The van der Waals surface area contributed by atoms with Crippen molar-refractivity contribution in [3.63, 3.8) is 0 Å². The number of aryl methyl sites for hydroxylation is 1. The van der Waals surface area contributed by atoms with Gasteiger partial charge in [0.1, 0.15) is 5.75 Å². The first-order valence-electron chi connectivity index (χ1n) is 7.94. The highest BCUT2D eigenvalue weighted by molar-refractivity contribution is 6.02. The summed E-state index contributed by atoms with van der Waals surface area (Å²) < 4.78 is 7.72. The molecule has 5 heteroatoms. The van der Waals surface area contributed by atoms with Crippen molar-refractivity contribution in [3.05, 3.63) is 48.3 Å². The Bertz CT molecular complexity index is 700. The van der Waals surface area contributed by atoms with Crippen LogP contribution in [0.2, 0.25) is 0 Å². The maximum Gasteiger partial charge on any atom is 0.248 e. The van der Waals surface area contributed by atoms with E-state index in [9.17, 15) is 4.79 Å². The van der Waals surface area contributed by atoms with Crippen molar-refractivity contribution in [1.82, 2.24) is 9.78 Å². The molecule has 120 valence electrons. The summed E-state index contributed by atoms with van der Waals surface area (Å²) in [6.07, 6.45) is 11.7. The van der Waals surface area contributed by atoms with Crippen LogP contribution >= 0.6 is 0 Å². The summed E-state index contributed by atoms with van der Waals surface area (Å²) in [5, 5.41) is 6.95. The van der Waals surface area contributed by atoms with Crippen LogP contribution in [0, 0.1) is 0 Å². The van der Waals surface area contributed by atoms with Crippen molar-refractivity contribution in [2.24, 2.45) is 7.05 Å². The highest BCUT2D eigenvalue weighted by Crippen LogP contribution is 2.29. The molecule has 0 atom stereocenters. The van der Waals surface area contributed by atoms with E-state index in [-0.39, 0.29) is 12.0 Å². The van der Waals surface area contributed by atoms with Gasteiger partial charge in [0.05, 0.1) is 18.0 Å². The van der Waals surface area contributed by atoms with Gasteiger partial charge >= 0.3 is 0 Å². The van der Waals surface area contributed by atoms with Gasteiger partial charge in [-0.15, -0.1) is 0 Å². The lowest BCUT2D eigenvalue weighted by Crippen LogP contribution is -2.14. The van der Waals surface area contributed by atoms with Gasteiger partial charge in [-0.2, -0.15) is 5.10 Å². The molecule has 0 aliphatic heterocycles. The monoisotopic (exact) mass is 311 g/mol. The van der Waals surface area contributed by atoms with Gasteiger partial charge in [-0.05, 0) is 43.9 Å². The zero-order valence-corrected chi connectivity index (χ0v) is 13.2. The predicted octanol–water partition coefficient (Wildman–Crippen LogP) is 3.39. The largest absolute Gasteiger partial charge is 0.488 e. The minimum absolute atomic E-state index is 0.184. The summed E-state index contributed by atoms with van der Waals surface area (Å²) in [6, 6.07) is 7.58. The van der Waals surface area contributed by atoms with Crippen molar-refractivity contribution >= 4 is 17.7 Å². The number of amides is 1. The van der Waals surface area contributed by atoms with Gasteiger partial charge in [0.25, 0.3) is 0 Å². The number of rotatable bonds is 5. The van der Waals surface area contributed by atoms with E-state index in [1.807, 2.05) is 37.5 Å². The van der Waals surface area contributed by atoms with E-state index in [0.29, 0.717) is 5.69 Å². The number of carbonyl (C=O) groups excluding carboxylic acids is 1.